The zero-order chi connectivity index (χ0) is 15.8. The van der Waals surface area contributed by atoms with E-state index in [1.807, 2.05) is 31.5 Å². The van der Waals surface area contributed by atoms with Crippen LogP contribution in [0.1, 0.15) is 45.5 Å². The summed E-state index contributed by atoms with van der Waals surface area (Å²) in [5.74, 6) is -0.128. The average Bonchev–Trinajstić information content (AvgIpc) is 2.75. The van der Waals surface area contributed by atoms with E-state index in [1.54, 1.807) is 18.7 Å². The van der Waals surface area contributed by atoms with Gasteiger partial charge in [-0.1, -0.05) is 6.92 Å². The van der Waals surface area contributed by atoms with Crippen molar-refractivity contribution in [1.82, 2.24) is 20.0 Å². The Morgan fingerprint density at radius 1 is 1.33 bits per heavy atom. The molecule has 1 aromatic heterocycles. The molecule has 0 saturated carbocycles. The highest BCUT2D eigenvalue weighted by Crippen LogP contribution is 2.22. The second-order valence-electron chi connectivity index (χ2n) is 6.06. The SMILES string of the molecule is CCC1C(=O)NC(C)(C)C(=O)N1Cc1cc(C)nn1CC. The van der Waals surface area contributed by atoms with Crippen molar-refractivity contribution in [3.63, 3.8) is 0 Å². The quantitative estimate of drug-likeness (QED) is 0.907. The predicted octanol–water partition coefficient (Wildman–Crippen LogP) is 1.23. The fraction of sp³-hybridized carbons (Fsp3) is 0.667. The standard InChI is InChI=1S/C15H24N4O2/c1-6-12-13(20)16-15(4,5)14(21)18(12)9-11-8-10(3)17-19(11)7-2/h8,12H,6-7,9H2,1-5H3,(H,16,20). The van der Waals surface area contributed by atoms with Crippen molar-refractivity contribution in [3.05, 3.63) is 17.5 Å². The third-order valence-electron chi connectivity index (χ3n) is 3.91. The van der Waals surface area contributed by atoms with Gasteiger partial charge in [-0.15, -0.1) is 0 Å². The second-order valence-corrected chi connectivity index (χ2v) is 6.06. The molecule has 1 fully saturated rings. The van der Waals surface area contributed by atoms with Crippen molar-refractivity contribution >= 4 is 11.8 Å². The molecule has 2 amide bonds. The minimum Gasteiger partial charge on any atom is -0.340 e. The molecule has 1 unspecified atom stereocenters. The van der Waals surface area contributed by atoms with Crippen LogP contribution in [-0.4, -0.2) is 38.1 Å². The van der Waals surface area contributed by atoms with E-state index in [0.29, 0.717) is 13.0 Å². The van der Waals surface area contributed by atoms with Crippen molar-refractivity contribution in [1.29, 1.82) is 0 Å². The molecule has 2 heterocycles. The van der Waals surface area contributed by atoms with Gasteiger partial charge in [0, 0.05) is 6.54 Å². The fourth-order valence-electron chi connectivity index (χ4n) is 2.85. The van der Waals surface area contributed by atoms with Gasteiger partial charge in [-0.2, -0.15) is 5.10 Å². The van der Waals surface area contributed by atoms with E-state index in [-0.39, 0.29) is 11.8 Å². The van der Waals surface area contributed by atoms with Gasteiger partial charge in [-0.3, -0.25) is 14.3 Å². The number of aryl methyl sites for hydroxylation is 2. The first-order valence-corrected chi connectivity index (χ1v) is 7.46. The predicted molar refractivity (Wildman–Crippen MR) is 79.5 cm³/mol. The van der Waals surface area contributed by atoms with E-state index in [4.69, 9.17) is 0 Å². The Labute approximate surface area is 125 Å². The van der Waals surface area contributed by atoms with Gasteiger partial charge in [0.05, 0.1) is 17.9 Å². The molecule has 1 aromatic rings. The van der Waals surface area contributed by atoms with E-state index in [0.717, 1.165) is 17.9 Å². The molecule has 1 saturated heterocycles. The molecule has 2 rings (SSSR count). The third-order valence-corrected chi connectivity index (χ3v) is 3.91. The molecular formula is C15H24N4O2. The molecule has 1 aliphatic rings. The highest BCUT2D eigenvalue weighted by atomic mass is 16.2. The number of piperazine rings is 1. The summed E-state index contributed by atoms with van der Waals surface area (Å²) in [4.78, 5) is 26.6. The topological polar surface area (TPSA) is 67.2 Å². The number of aromatic nitrogens is 2. The van der Waals surface area contributed by atoms with Gasteiger partial charge in [0.2, 0.25) is 11.8 Å². The van der Waals surface area contributed by atoms with Crippen LogP contribution in [0.15, 0.2) is 6.07 Å². The molecule has 0 bridgehead atoms. The van der Waals surface area contributed by atoms with Gasteiger partial charge in [-0.05, 0) is 40.2 Å². The fourth-order valence-corrected chi connectivity index (χ4v) is 2.85. The van der Waals surface area contributed by atoms with E-state index in [9.17, 15) is 9.59 Å². The maximum atomic E-state index is 12.7. The molecule has 1 N–H and O–H groups in total. The highest BCUT2D eigenvalue weighted by Gasteiger charge is 2.44. The summed E-state index contributed by atoms with van der Waals surface area (Å²) in [5.41, 5.74) is 1.04. The van der Waals surface area contributed by atoms with Gasteiger partial charge < -0.3 is 10.2 Å². The summed E-state index contributed by atoms with van der Waals surface area (Å²) in [5, 5.41) is 7.21. The van der Waals surface area contributed by atoms with Crippen LogP contribution in [0, 0.1) is 6.92 Å². The van der Waals surface area contributed by atoms with Gasteiger partial charge in [0.1, 0.15) is 11.6 Å². The monoisotopic (exact) mass is 292 g/mol. The van der Waals surface area contributed by atoms with Crippen molar-refractivity contribution in [2.24, 2.45) is 0 Å². The molecule has 6 heteroatoms. The molecule has 0 aromatic carbocycles. The summed E-state index contributed by atoms with van der Waals surface area (Å²) in [6.07, 6.45) is 0.604. The zero-order valence-corrected chi connectivity index (χ0v) is 13.4. The molecular weight excluding hydrogens is 268 g/mol. The van der Waals surface area contributed by atoms with E-state index < -0.39 is 11.6 Å². The van der Waals surface area contributed by atoms with Crippen molar-refractivity contribution in [2.45, 2.75) is 65.7 Å². The Morgan fingerprint density at radius 2 is 2.00 bits per heavy atom. The lowest BCUT2D eigenvalue weighted by atomic mass is 9.95. The van der Waals surface area contributed by atoms with Crippen LogP contribution in [0.2, 0.25) is 0 Å². The number of nitrogens with one attached hydrogen (secondary N) is 1. The van der Waals surface area contributed by atoms with Crippen molar-refractivity contribution < 1.29 is 9.59 Å². The number of carbonyl (C=O) groups excluding carboxylic acids is 2. The second kappa shape index (κ2) is 5.50. The van der Waals surface area contributed by atoms with Crippen LogP contribution in [0.3, 0.4) is 0 Å². The van der Waals surface area contributed by atoms with Crippen LogP contribution < -0.4 is 5.32 Å². The first-order valence-electron chi connectivity index (χ1n) is 7.46. The van der Waals surface area contributed by atoms with Crippen LogP contribution >= 0.6 is 0 Å². The van der Waals surface area contributed by atoms with Gasteiger partial charge in [0.15, 0.2) is 0 Å². The van der Waals surface area contributed by atoms with Crippen molar-refractivity contribution in [3.8, 4) is 0 Å². The summed E-state index contributed by atoms with van der Waals surface area (Å²) in [7, 11) is 0. The van der Waals surface area contributed by atoms with Gasteiger partial charge >= 0.3 is 0 Å². The smallest absolute Gasteiger partial charge is 0.248 e. The maximum Gasteiger partial charge on any atom is 0.248 e. The van der Waals surface area contributed by atoms with E-state index >= 15 is 0 Å². The number of hydrogen-bond donors (Lipinski definition) is 1. The number of hydrogen-bond acceptors (Lipinski definition) is 3. The Bertz CT molecular complexity index is 562. The summed E-state index contributed by atoms with van der Waals surface area (Å²) < 4.78 is 1.88. The molecule has 1 aliphatic heterocycles. The molecule has 116 valence electrons. The lowest BCUT2D eigenvalue weighted by Crippen LogP contribution is -2.67. The van der Waals surface area contributed by atoms with Crippen LogP contribution in [0.4, 0.5) is 0 Å². The van der Waals surface area contributed by atoms with Crippen molar-refractivity contribution in [2.75, 3.05) is 0 Å². The molecule has 6 nitrogen and oxygen atoms in total. The molecule has 0 spiro atoms. The number of amides is 2. The van der Waals surface area contributed by atoms with Crippen LogP contribution in [0.5, 0.6) is 0 Å². The van der Waals surface area contributed by atoms with Gasteiger partial charge in [-0.25, -0.2) is 0 Å². The average molecular weight is 292 g/mol. The molecule has 0 radical (unpaired) electrons. The van der Waals surface area contributed by atoms with Crippen LogP contribution in [-0.2, 0) is 22.7 Å². The summed E-state index contributed by atoms with van der Waals surface area (Å²) in [6, 6.07) is 1.56. The molecule has 1 atom stereocenters. The zero-order valence-electron chi connectivity index (χ0n) is 13.4. The summed E-state index contributed by atoms with van der Waals surface area (Å²) in [6.45, 7) is 10.5. The minimum absolute atomic E-state index is 0.0459. The normalized spacial score (nSPS) is 21.6. The largest absolute Gasteiger partial charge is 0.340 e. The first kappa shape index (κ1) is 15.5. The number of carbonyl (C=O) groups is 2. The number of nitrogens with zero attached hydrogens (tertiary/aromatic N) is 3. The Kier molecular flexibility index (Phi) is 4.07. The lowest BCUT2D eigenvalue weighted by Gasteiger charge is -2.42. The Morgan fingerprint density at radius 3 is 2.57 bits per heavy atom. The van der Waals surface area contributed by atoms with Gasteiger partial charge in [0.25, 0.3) is 0 Å². The number of rotatable bonds is 4. The first-order chi connectivity index (χ1) is 9.80. The minimum atomic E-state index is -0.852. The van der Waals surface area contributed by atoms with Crippen LogP contribution in [0.25, 0.3) is 0 Å². The Hall–Kier alpha value is -1.85. The molecule has 0 aliphatic carbocycles. The lowest BCUT2D eigenvalue weighted by molar-refractivity contribution is -0.154. The van der Waals surface area contributed by atoms with E-state index in [1.165, 1.54) is 0 Å². The Balaban J connectivity index is 2.33. The third kappa shape index (κ3) is 2.80. The maximum absolute atomic E-state index is 12.7. The molecule has 21 heavy (non-hydrogen) atoms. The summed E-state index contributed by atoms with van der Waals surface area (Å²) >= 11 is 0. The van der Waals surface area contributed by atoms with E-state index in [2.05, 4.69) is 10.4 Å². The highest BCUT2D eigenvalue weighted by molar-refractivity contribution is 5.99.